The van der Waals surface area contributed by atoms with Gasteiger partial charge in [0.2, 0.25) is 10.0 Å². The average molecular weight is 541 g/mol. The molecule has 1 unspecified atom stereocenters. The van der Waals surface area contributed by atoms with Gasteiger partial charge in [-0.15, -0.1) is 11.3 Å². The van der Waals surface area contributed by atoms with Crippen LogP contribution in [0.2, 0.25) is 0 Å². The van der Waals surface area contributed by atoms with Crippen molar-refractivity contribution in [1.29, 1.82) is 0 Å². The van der Waals surface area contributed by atoms with E-state index in [4.69, 9.17) is 20.4 Å². The smallest absolute Gasteiger partial charge is 0.211 e. The van der Waals surface area contributed by atoms with Crippen LogP contribution in [0.4, 0.5) is 5.82 Å². The number of rotatable bonds is 6. The highest BCUT2D eigenvalue weighted by Crippen LogP contribution is 2.37. The van der Waals surface area contributed by atoms with E-state index in [-0.39, 0.29) is 6.04 Å². The molecule has 11 heteroatoms. The lowest BCUT2D eigenvalue weighted by molar-refractivity contribution is 0.122. The molecule has 2 aliphatic rings. The fraction of sp³-hybridized carbons (Fsp3) is 0.462. The summed E-state index contributed by atoms with van der Waals surface area (Å²) in [6.07, 6.45) is 5.56. The van der Waals surface area contributed by atoms with E-state index in [9.17, 15) is 8.42 Å². The Morgan fingerprint density at radius 2 is 1.95 bits per heavy atom. The van der Waals surface area contributed by atoms with Crippen LogP contribution in [-0.4, -0.2) is 79.4 Å². The molecule has 2 fully saturated rings. The van der Waals surface area contributed by atoms with Gasteiger partial charge in [0.25, 0.3) is 0 Å². The highest BCUT2D eigenvalue weighted by Gasteiger charge is 2.29. The van der Waals surface area contributed by atoms with Gasteiger partial charge in [0.15, 0.2) is 11.6 Å². The summed E-state index contributed by atoms with van der Waals surface area (Å²) in [6.45, 7) is 4.05. The zero-order chi connectivity index (χ0) is 25.6. The van der Waals surface area contributed by atoms with E-state index in [0.29, 0.717) is 32.2 Å². The van der Waals surface area contributed by atoms with Crippen molar-refractivity contribution in [2.45, 2.75) is 25.3 Å². The standard InChI is InChI=1S/C26H32N6O3S2/c1-37(33,34)32-9-6-17(7-10-32)21(27)15-18-16-23-24(36-18)26(31-11-13-35-14-12-31)30-25(29-23)20-3-2-4-22-19(20)5-8-28-22/h2-5,8,16-17,21,28H,6-7,9-15,27H2,1H3. The Bertz CT molecular complexity index is 1520. The van der Waals surface area contributed by atoms with Crippen LogP contribution in [0, 0.1) is 5.92 Å². The number of benzene rings is 1. The summed E-state index contributed by atoms with van der Waals surface area (Å²) in [5.41, 5.74) is 9.70. The van der Waals surface area contributed by atoms with E-state index in [1.54, 1.807) is 15.6 Å². The van der Waals surface area contributed by atoms with Gasteiger partial charge in [-0.2, -0.15) is 0 Å². The minimum Gasteiger partial charge on any atom is -0.378 e. The summed E-state index contributed by atoms with van der Waals surface area (Å²) < 4.78 is 32.0. The number of nitrogens with two attached hydrogens (primary N) is 1. The van der Waals surface area contributed by atoms with Crippen molar-refractivity contribution in [3.8, 4) is 11.4 Å². The first-order valence-electron chi connectivity index (χ1n) is 12.8. The molecule has 196 valence electrons. The number of aromatic amines is 1. The number of morpholine rings is 1. The molecule has 2 saturated heterocycles. The van der Waals surface area contributed by atoms with Gasteiger partial charge >= 0.3 is 0 Å². The number of hydrogen-bond donors (Lipinski definition) is 2. The first kappa shape index (κ1) is 24.7. The molecule has 37 heavy (non-hydrogen) atoms. The minimum atomic E-state index is -3.14. The van der Waals surface area contributed by atoms with Crippen molar-refractivity contribution in [1.82, 2.24) is 19.3 Å². The van der Waals surface area contributed by atoms with Gasteiger partial charge < -0.3 is 20.4 Å². The molecule has 1 aromatic carbocycles. The number of nitrogens with one attached hydrogen (secondary N) is 1. The van der Waals surface area contributed by atoms with Gasteiger partial charge in [-0.3, -0.25) is 0 Å². The maximum absolute atomic E-state index is 11.9. The van der Waals surface area contributed by atoms with Gasteiger partial charge in [-0.1, -0.05) is 12.1 Å². The molecule has 3 N–H and O–H groups in total. The molecule has 0 amide bonds. The number of nitrogens with zero attached hydrogens (tertiary/aromatic N) is 4. The molecule has 0 aliphatic carbocycles. The second-order valence-corrected chi connectivity index (χ2v) is 13.1. The second-order valence-electron chi connectivity index (χ2n) is 10.0. The highest BCUT2D eigenvalue weighted by molar-refractivity contribution is 7.88. The third-order valence-electron chi connectivity index (χ3n) is 7.56. The Kier molecular flexibility index (Phi) is 6.66. The van der Waals surface area contributed by atoms with Crippen LogP contribution in [0.5, 0.6) is 0 Å². The lowest BCUT2D eigenvalue weighted by Crippen LogP contribution is -2.43. The maximum atomic E-state index is 11.9. The zero-order valence-corrected chi connectivity index (χ0v) is 22.5. The Labute approximate surface area is 220 Å². The molecule has 0 radical (unpaired) electrons. The molecule has 6 rings (SSSR count). The van der Waals surface area contributed by atoms with E-state index in [2.05, 4.69) is 34.1 Å². The van der Waals surface area contributed by atoms with Crippen molar-refractivity contribution in [3.05, 3.63) is 41.4 Å². The summed E-state index contributed by atoms with van der Waals surface area (Å²) in [5.74, 6) is 1.98. The fourth-order valence-electron chi connectivity index (χ4n) is 5.49. The molecule has 0 spiro atoms. The monoisotopic (exact) mass is 540 g/mol. The van der Waals surface area contributed by atoms with Crippen molar-refractivity contribution < 1.29 is 13.2 Å². The van der Waals surface area contributed by atoms with E-state index < -0.39 is 10.0 Å². The summed E-state index contributed by atoms with van der Waals surface area (Å²) in [5, 5.41) is 1.10. The van der Waals surface area contributed by atoms with Crippen LogP contribution < -0.4 is 10.6 Å². The number of H-pyrrole nitrogens is 1. The highest BCUT2D eigenvalue weighted by atomic mass is 32.2. The first-order valence-corrected chi connectivity index (χ1v) is 15.4. The Hall–Kier alpha value is -2.57. The molecule has 4 aromatic rings. The van der Waals surface area contributed by atoms with E-state index >= 15 is 0 Å². The minimum absolute atomic E-state index is 0.0253. The average Bonchev–Trinajstić information content (AvgIpc) is 3.54. The molecule has 0 bridgehead atoms. The van der Waals surface area contributed by atoms with Gasteiger partial charge in [0.05, 0.1) is 29.7 Å². The summed E-state index contributed by atoms with van der Waals surface area (Å²) in [4.78, 5) is 16.9. The lowest BCUT2D eigenvalue weighted by atomic mass is 9.88. The van der Waals surface area contributed by atoms with Crippen LogP contribution in [0.15, 0.2) is 36.5 Å². The Morgan fingerprint density at radius 3 is 2.70 bits per heavy atom. The van der Waals surface area contributed by atoms with Gasteiger partial charge in [0, 0.05) is 59.8 Å². The molecule has 3 aromatic heterocycles. The van der Waals surface area contributed by atoms with Crippen LogP contribution in [0.1, 0.15) is 17.7 Å². The molecular formula is C26H32N6O3S2. The number of sulfonamides is 1. The number of piperidine rings is 1. The lowest BCUT2D eigenvalue weighted by Gasteiger charge is -2.33. The summed E-state index contributed by atoms with van der Waals surface area (Å²) in [7, 11) is -3.14. The van der Waals surface area contributed by atoms with Crippen molar-refractivity contribution in [2.24, 2.45) is 11.7 Å². The Morgan fingerprint density at radius 1 is 1.16 bits per heavy atom. The number of hydrogen-bond acceptors (Lipinski definition) is 8. The molecule has 0 saturated carbocycles. The quantitative estimate of drug-likeness (QED) is 0.386. The number of thiophene rings is 1. The SMILES string of the molecule is CS(=O)(=O)N1CCC(C(N)Cc2cc3nc(-c4cccc5[nH]ccc45)nc(N4CCOCC4)c3s2)CC1. The number of aromatic nitrogens is 3. The second kappa shape index (κ2) is 9.95. The predicted molar refractivity (Wildman–Crippen MR) is 149 cm³/mol. The van der Waals surface area contributed by atoms with Crippen LogP contribution in [-0.2, 0) is 21.2 Å². The normalized spacial score (nSPS) is 19.1. The van der Waals surface area contributed by atoms with Crippen molar-refractivity contribution in [3.63, 3.8) is 0 Å². The first-order chi connectivity index (χ1) is 17.9. The predicted octanol–water partition coefficient (Wildman–Crippen LogP) is 3.22. The van der Waals surface area contributed by atoms with Crippen LogP contribution >= 0.6 is 11.3 Å². The number of anilines is 1. The zero-order valence-electron chi connectivity index (χ0n) is 20.9. The third kappa shape index (κ3) is 4.98. The topological polar surface area (TPSA) is 117 Å². The number of fused-ring (bicyclic) bond motifs is 2. The fourth-order valence-corrected chi connectivity index (χ4v) is 7.55. The molecule has 5 heterocycles. The van der Waals surface area contributed by atoms with Crippen LogP contribution in [0.25, 0.3) is 32.5 Å². The summed E-state index contributed by atoms with van der Waals surface area (Å²) >= 11 is 1.72. The van der Waals surface area contributed by atoms with Crippen LogP contribution in [0.3, 0.4) is 0 Å². The maximum Gasteiger partial charge on any atom is 0.211 e. The van der Waals surface area contributed by atoms with Gasteiger partial charge in [-0.25, -0.2) is 22.7 Å². The molecule has 9 nitrogen and oxygen atoms in total. The van der Waals surface area contributed by atoms with Gasteiger partial charge in [-0.05, 0) is 43.4 Å². The van der Waals surface area contributed by atoms with E-state index in [1.165, 1.54) is 11.1 Å². The summed E-state index contributed by atoms with van der Waals surface area (Å²) in [6, 6.07) is 10.4. The largest absolute Gasteiger partial charge is 0.378 e. The van der Waals surface area contributed by atoms with Gasteiger partial charge in [0.1, 0.15) is 0 Å². The van der Waals surface area contributed by atoms with E-state index in [1.807, 2.05) is 12.3 Å². The number of ether oxygens (including phenoxy) is 1. The van der Waals surface area contributed by atoms with Crippen molar-refractivity contribution >= 4 is 48.3 Å². The van der Waals surface area contributed by atoms with E-state index in [0.717, 1.165) is 70.7 Å². The van der Waals surface area contributed by atoms with Crippen molar-refractivity contribution in [2.75, 3.05) is 50.5 Å². The molecule has 1 atom stereocenters. The Balaban J connectivity index is 1.32. The molecular weight excluding hydrogens is 508 g/mol. The third-order valence-corrected chi connectivity index (χ3v) is 10.0. The molecule has 2 aliphatic heterocycles.